The minimum absolute atomic E-state index is 0.0447. The summed E-state index contributed by atoms with van der Waals surface area (Å²) in [6.07, 6.45) is -0.361. The number of hydrogen-bond donors (Lipinski definition) is 1. The van der Waals surface area contributed by atoms with Gasteiger partial charge in [0.05, 0.1) is 18.8 Å². The van der Waals surface area contributed by atoms with Crippen molar-refractivity contribution >= 4 is 12.1 Å². The van der Waals surface area contributed by atoms with E-state index < -0.39 is 29.0 Å². The van der Waals surface area contributed by atoms with E-state index in [0.29, 0.717) is 36.5 Å². The van der Waals surface area contributed by atoms with Crippen LogP contribution in [0.3, 0.4) is 0 Å². The van der Waals surface area contributed by atoms with E-state index in [1.54, 1.807) is 20.8 Å². The normalized spacial score (nSPS) is 19.7. The van der Waals surface area contributed by atoms with Gasteiger partial charge < -0.3 is 19.5 Å². The van der Waals surface area contributed by atoms with Crippen molar-refractivity contribution in [3.63, 3.8) is 0 Å². The molecular weight excluding hydrogens is 422 g/mol. The molecule has 2 heterocycles. The molecule has 0 bridgehead atoms. The van der Waals surface area contributed by atoms with Gasteiger partial charge in [-0.15, -0.1) is 0 Å². The molecule has 7 nitrogen and oxygen atoms in total. The van der Waals surface area contributed by atoms with Gasteiger partial charge in [0.2, 0.25) is 5.92 Å². The van der Waals surface area contributed by atoms with Gasteiger partial charge in [-0.2, -0.15) is 0 Å². The SMILES string of the molecule is CC(C)(C)OC(=O)N(Cc1cc(C(=O)O)nc2c1OCC2(C)C)CC1CCC(F)(F)CC1. The minimum atomic E-state index is -2.66. The Labute approximate surface area is 187 Å². The third-order valence-electron chi connectivity index (χ3n) is 5.82. The quantitative estimate of drug-likeness (QED) is 0.673. The summed E-state index contributed by atoms with van der Waals surface area (Å²) < 4.78 is 38.6. The van der Waals surface area contributed by atoms with Crippen molar-refractivity contribution in [2.75, 3.05) is 13.2 Å². The summed E-state index contributed by atoms with van der Waals surface area (Å²) in [5.41, 5.74) is -0.279. The lowest BCUT2D eigenvalue weighted by molar-refractivity contribution is -0.0498. The molecule has 1 saturated carbocycles. The first-order valence-corrected chi connectivity index (χ1v) is 10.9. The number of carbonyl (C=O) groups excluding carboxylic acids is 1. The Kier molecular flexibility index (Phi) is 6.41. The van der Waals surface area contributed by atoms with E-state index in [1.165, 1.54) is 11.0 Å². The van der Waals surface area contributed by atoms with Crippen LogP contribution in [0.15, 0.2) is 6.07 Å². The highest BCUT2D eigenvalue weighted by atomic mass is 19.3. The summed E-state index contributed by atoms with van der Waals surface area (Å²) in [5.74, 6) is -3.44. The summed E-state index contributed by atoms with van der Waals surface area (Å²) in [4.78, 5) is 30.4. The van der Waals surface area contributed by atoms with Crippen LogP contribution in [0.1, 0.15) is 82.0 Å². The van der Waals surface area contributed by atoms with Crippen LogP contribution in [-0.4, -0.2) is 51.7 Å². The molecule has 3 rings (SSSR count). The highest BCUT2D eigenvalue weighted by Gasteiger charge is 2.39. The second kappa shape index (κ2) is 8.48. The molecule has 9 heteroatoms. The lowest BCUT2D eigenvalue weighted by Gasteiger charge is -2.34. The molecule has 0 aromatic carbocycles. The van der Waals surface area contributed by atoms with Gasteiger partial charge >= 0.3 is 12.1 Å². The average molecular weight is 455 g/mol. The zero-order valence-corrected chi connectivity index (χ0v) is 19.3. The number of alkyl halides is 2. The largest absolute Gasteiger partial charge is 0.490 e. The van der Waals surface area contributed by atoms with Crippen LogP contribution < -0.4 is 4.74 Å². The molecule has 1 aromatic heterocycles. The van der Waals surface area contributed by atoms with E-state index in [2.05, 4.69) is 4.98 Å². The number of fused-ring (bicyclic) bond motifs is 1. The van der Waals surface area contributed by atoms with Gasteiger partial charge in [0.1, 0.15) is 17.0 Å². The van der Waals surface area contributed by atoms with Crippen molar-refractivity contribution in [2.45, 2.75) is 83.8 Å². The van der Waals surface area contributed by atoms with Crippen LogP contribution >= 0.6 is 0 Å². The summed E-state index contributed by atoms with van der Waals surface area (Å²) in [5, 5.41) is 9.54. The summed E-state index contributed by atoms with van der Waals surface area (Å²) in [6, 6.07) is 1.41. The summed E-state index contributed by atoms with van der Waals surface area (Å²) >= 11 is 0. The number of ether oxygens (including phenoxy) is 2. The molecule has 32 heavy (non-hydrogen) atoms. The fourth-order valence-corrected chi connectivity index (χ4v) is 4.08. The van der Waals surface area contributed by atoms with Gasteiger partial charge in [-0.3, -0.25) is 0 Å². The summed E-state index contributed by atoms with van der Waals surface area (Å²) in [7, 11) is 0. The Morgan fingerprint density at radius 1 is 1.28 bits per heavy atom. The molecule has 0 saturated heterocycles. The second-order valence-electron chi connectivity index (χ2n) is 10.5. The molecule has 1 fully saturated rings. The van der Waals surface area contributed by atoms with Crippen LogP contribution in [0.5, 0.6) is 5.75 Å². The molecule has 1 amide bonds. The molecule has 1 aliphatic carbocycles. The van der Waals surface area contributed by atoms with Crippen LogP contribution in [0.25, 0.3) is 0 Å². The molecule has 0 radical (unpaired) electrons. The lowest BCUT2D eigenvalue weighted by atomic mass is 9.86. The van der Waals surface area contributed by atoms with Crippen LogP contribution in [0.4, 0.5) is 13.6 Å². The van der Waals surface area contributed by atoms with Crippen LogP contribution in [0, 0.1) is 5.92 Å². The third kappa shape index (κ3) is 5.66. The van der Waals surface area contributed by atoms with Crippen molar-refractivity contribution in [2.24, 2.45) is 5.92 Å². The van der Waals surface area contributed by atoms with Gasteiger partial charge in [0, 0.05) is 30.4 Å². The Bertz CT molecular complexity index is 885. The Balaban J connectivity index is 1.91. The van der Waals surface area contributed by atoms with Crippen molar-refractivity contribution in [1.29, 1.82) is 0 Å². The smallest absolute Gasteiger partial charge is 0.410 e. The molecular formula is C23H32F2N2O5. The Hall–Kier alpha value is -2.45. The number of aromatic carboxylic acids is 1. The molecule has 0 unspecified atom stereocenters. The van der Waals surface area contributed by atoms with Gasteiger partial charge in [0.25, 0.3) is 0 Å². The lowest BCUT2D eigenvalue weighted by Crippen LogP contribution is -2.40. The molecule has 2 aliphatic rings. The van der Waals surface area contributed by atoms with Crippen LogP contribution in [0.2, 0.25) is 0 Å². The third-order valence-corrected chi connectivity index (χ3v) is 5.82. The number of rotatable bonds is 5. The number of amides is 1. The first-order valence-electron chi connectivity index (χ1n) is 10.9. The Morgan fingerprint density at radius 2 is 1.91 bits per heavy atom. The topological polar surface area (TPSA) is 89.0 Å². The monoisotopic (exact) mass is 454 g/mol. The zero-order chi connectivity index (χ0) is 23.9. The highest BCUT2D eigenvalue weighted by Crippen LogP contribution is 2.41. The maximum atomic E-state index is 13.6. The Morgan fingerprint density at radius 3 is 2.47 bits per heavy atom. The molecule has 1 aliphatic heterocycles. The van der Waals surface area contributed by atoms with Gasteiger partial charge in [0.15, 0.2) is 0 Å². The van der Waals surface area contributed by atoms with Crippen molar-refractivity contribution < 1.29 is 33.0 Å². The van der Waals surface area contributed by atoms with E-state index in [1.807, 2.05) is 13.8 Å². The number of hydrogen-bond acceptors (Lipinski definition) is 5. The van der Waals surface area contributed by atoms with E-state index in [-0.39, 0.29) is 37.5 Å². The minimum Gasteiger partial charge on any atom is -0.490 e. The molecule has 0 atom stereocenters. The fourth-order valence-electron chi connectivity index (χ4n) is 4.08. The number of pyridine rings is 1. The number of carboxylic acids is 1. The van der Waals surface area contributed by atoms with E-state index >= 15 is 0 Å². The van der Waals surface area contributed by atoms with Crippen molar-refractivity contribution in [3.05, 3.63) is 23.0 Å². The number of nitrogens with zero attached hydrogens (tertiary/aromatic N) is 2. The first kappa shape index (κ1) is 24.2. The van der Waals surface area contributed by atoms with E-state index in [4.69, 9.17) is 9.47 Å². The number of aromatic nitrogens is 1. The number of carbonyl (C=O) groups is 2. The zero-order valence-electron chi connectivity index (χ0n) is 19.3. The number of halogens is 2. The first-order chi connectivity index (χ1) is 14.7. The second-order valence-corrected chi connectivity index (χ2v) is 10.5. The van der Waals surface area contributed by atoms with Crippen LogP contribution in [-0.2, 0) is 16.7 Å². The maximum absolute atomic E-state index is 13.6. The number of carboxylic acid groups (broad SMARTS) is 1. The van der Waals surface area contributed by atoms with E-state index in [0.717, 1.165) is 0 Å². The maximum Gasteiger partial charge on any atom is 0.410 e. The fraction of sp³-hybridized carbons (Fsp3) is 0.696. The predicted octanol–water partition coefficient (Wildman–Crippen LogP) is 5.01. The summed E-state index contributed by atoms with van der Waals surface area (Å²) in [6.45, 7) is 9.71. The van der Waals surface area contributed by atoms with Crippen molar-refractivity contribution in [1.82, 2.24) is 9.88 Å². The predicted molar refractivity (Wildman–Crippen MR) is 113 cm³/mol. The molecule has 1 N–H and O–H groups in total. The van der Waals surface area contributed by atoms with Gasteiger partial charge in [-0.1, -0.05) is 13.8 Å². The van der Waals surface area contributed by atoms with Gasteiger partial charge in [-0.05, 0) is 45.6 Å². The standard InChI is InChI=1S/C23H32F2N2O5/c1-21(2,3)32-20(30)27(11-14-6-8-23(24,25)9-7-14)12-15-10-16(19(28)29)26-18-17(15)31-13-22(18,4)5/h10,14H,6-9,11-13H2,1-5H3,(H,28,29). The highest BCUT2D eigenvalue weighted by molar-refractivity contribution is 5.86. The average Bonchev–Trinajstić information content (AvgIpc) is 2.96. The molecule has 178 valence electrons. The van der Waals surface area contributed by atoms with E-state index in [9.17, 15) is 23.5 Å². The molecule has 1 aromatic rings. The molecule has 0 spiro atoms. The van der Waals surface area contributed by atoms with Gasteiger partial charge in [-0.25, -0.2) is 23.4 Å². The van der Waals surface area contributed by atoms with Crippen molar-refractivity contribution in [3.8, 4) is 5.75 Å².